The molecule has 0 unspecified atom stereocenters. The summed E-state index contributed by atoms with van der Waals surface area (Å²) in [6.45, 7) is 2.53. The van der Waals surface area contributed by atoms with Gasteiger partial charge in [0.2, 0.25) is 5.91 Å². The zero-order valence-electron chi connectivity index (χ0n) is 15.1. The number of amides is 1. The molecule has 0 spiro atoms. The van der Waals surface area contributed by atoms with Crippen LogP contribution in [0, 0.1) is 0 Å². The number of carbonyl (C=O) groups excluding carboxylic acids is 1. The summed E-state index contributed by atoms with van der Waals surface area (Å²) in [6, 6.07) is 0. The van der Waals surface area contributed by atoms with Crippen molar-refractivity contribution >= 4 is 5.91 Å². The molecule has 3 nitrogen and oxygen atoms in total. The van der Waals surface area contributed by atoms with Crippen LogP contribution in [0.3, 0.4) is 0 Å². The maximum absolute atomic E-state index is 10.8. The van der Waals surface area contributed by atoms with E-state index in [1.54, 1.807) is 0 Å². The highest BCUT2D eigenvalue weighted by Gasteiger charge is 1.96. The van der Waals surface area contributed by atoms with Gasteiger partial charge in [-0.3, -0.25) is 4.79 Å². The van der Waals surface area contributed by atoms with Gasteiger partial charge in [-0.05, 0) is 38.5 Å². The van der Waals surface area contributed by atoms with Gasteiger partial charge in [0.15, 0.2) is 0 Å². The molecule has 0 radical (unpaired) electrons. The lowest BCUT2D eigenvalue weighted by Gasteiger charge is -2.03. The van der Waals surface area contributed by atoms with Crippen LogP contribution in [0.2, 0.25) is 0 Å². The number of carbonyl (C=O) groups is 1. The summed E-state index contributed by atoms with van der Waals surface area (Å²) in [4.78, 5) is 10.8. The van der Waals surface area contributed by atoms with E-state index in [0.29, 0.717) is 6.54 Å². The minimum atomic E-state index is -0.401. The summed E-state index contributed by atoms with van der Waals surface area (Å²) >= 11 is 0. The molecule has 0 aliphatic carbocycles. The van der Waals surface area contributed by atoms with Gasteiger partial charge in [-0.25, -0.2) is 0 Å². The van der Waals surface area contributed by atoms with Crippen LogP contribution in [0.5, 0.6) is 0 Å². The molecule has 0 atom stereocenters. The molecule has 0 heterocycles. The lowest BCUT2D eigenvalue weighted by molar-refractivity contribution is -0.123. The first-order valence-corrected chi connectivity index (χ1v) is 9.48. The van der Waals surface area contributed by atoms with Crippen LogP contribution < -0.4 is 5.32 Å². The molecule has 0 bridgehead atoms. The van der Waals surface area contributed by atoms with E-state index in [0.717, 1.165) is 19.3 Å². The lowest BCUT2D eigenvalue weighted by atomic mass is 10.1. The Morgan fingerprint density at radius 3 is 2.00 bits per heavy atom. The number of allylic oxidation sites excluding steroid dienone is 4. The minimum Gasteiger partial charge on any atom is -0.387 e. The zero-order chi connectivity index (χ0) is 17.0. The second-order valence-corrected chi connectivity index (χ2v) is 6.09. The van der Waals surface area contributed by atoms with Crippen molar-refractivity contribution in [2.45, 2.75) is 84.0 Å². The van der Waals surface area contributed by atoms with Crippen molar-refractivity contribution in [2.24, 2.45) is 0 Å². The summed E-state index contributed by atoms with van der Waals surface area (Å²) in [7, 11) is 0. The van der Waals surface area contributed by atoms with Gasteiger partial charge in [0, 0.05) is 6.54 Å². The highest BCUT2D eigenvalue weighted by Crippen LogP contribution is 2.07. The van der Waals surface area contributed by atoms with E-state index in [1.807, 2.05) is 0 Å². The average molecular weight is 324 g/mol. The fourth-order valence-corrected chi connectivity index (χ4v) is 2.40. The van der Waals surface area contributed by atoms with Gasteiger partial charge in [-0.1, -0.05) is 69.8 Å². The van der Waals surface area contributed by atoms with E-state index in [-0.39, 0.29) is 5.91 Å². The van der Waals surface area contributed by atoms with Crippen molar-refractivity contribution in [3.63, 3.8) is 0 Å². The Hall–Kier alpha value is -1.09. The van der Waals surface area contributed by atoms with Gasteiger partial charge in [0.1, 0.15) is 6.61 Å². The highest BCUT2D eigenvalue weighted by atomic mass is 16.3. The number of hydrogen-bond donors (Lipinski definition) is 2. The number of rotatable bonds is 16. The Labute approximate surface area is 143 Å². The van der Waals surface area contributed by atoms with Crippen LogP contribution in [0.4, 0.5) is 0 Å². The Kier molecular flexibility index (Phi) is 18.1. The lowest BCUT2D eigenvalue weighted by Crippen LogP contribution is -2.26. The molecule has 0 rings (SSSR count). The molecular weight excluding hydrogens is 286 g/mol. The molecule has 0 aliphatic rings. The summed E-state index contributed by atoms with van der Waals surface area (Å²) in [6.07, 6.45) is 23.9. The predicted octanol–water partition coefficient (Wildman–Crippen LogP) is 4.91. The number of nitrogens with one attached hydrogen (secondary N) is 1. The second-order valence-electron chi connectivity index (χ2n) is 6.09. The molecule has 2 N–H and O–H groups in total. The van der Waals surface area contributed by atoms with Crippen molar-refractivity contribution in [2.75, 3.05) is 13.2 Å². The Morgan fingerprint density at radius 1 is 0.826 bits per heavy atom. The van der Waals surface area contributed by atoms with Crippen molar-refractivity contribution in [1.29, 1.82) is 0 Å². The third-order valence-electron chi connectivity index (χ3n) is 3.84. The van der Waals surface area contributed by atoms with Crippen LogP contribution in [-0.2, 0) is 4.79 Å². The SMILES string of the molecule is CCCCC/C=C\C/C=C\CCCCCCCCNC(=O)CO. The third-order valence-corrected chi connectivity index (χ3v) is 3.84. The van der Waals surface area contributed by atoms with Gasteiger partial charge in [0.25, 0.3) is 0 Å². The van der Waals surface area contributed by atoms with Crippen LogP contribution in [0.25, 0.3) is 0 Å². The van der Waals surface area contributed by atoms with Gasteiger partial charge in [-0.15, -0.1) is 0 Å². The molecule has 0 aliphatic heterocycles. The predicted molar refractivity (Wildman–Crippen MR) is 99.5 cm³/mol. The van der Waals surface area contributed by atoms with Crippen molar-refractivity contribution in [3.05, 3.63) is 24.3 Å². The summed E-state index contributed by atoms with van der Waals surface area (Å²) < 4.78 is 0. The van der Waals surface area contributed by atoms with Crippen LogP contribution in [-0.4, -0.2) is 24.2 Å². The fraction of sp³-hybridized carbons (Fsp3) is 0.750. The smallest absolute Gasteiger partial charge is 0.245 e. The Bertz CT molecular complexity index is 311. The van der Waals surface area contributed by atoms with Gasteiger partial charge in [-0.2, -0.15) is 0 Å². The molecule has 0 saturated carbocycles. The molecule has 134 valence electrons. The maximum atomic E-state index is 10.8. The number of aliphatic hydroxyl groups excluding tert-OH is 1. The fourth-order valence-electron chi connectivity index (χ4n) is 2.40. The zero-order valence-corrected chi connectivity index (χ0v) is 15.1. The number of hydrogen-bond acceptors (Lipinski definition) is 2. The van der Waals surface area contributed by atoms with Gasteiger partial charge < -0.3 is 10.4 Å². The number of unbranched alkanes of at least 4 members (excludes halogenated alkanes) is 9. The van der Waals surface area contributed by atoms with Gasteiger partial charge >= 0.3 is 0 Å². The van der Waals surface area contributed by atoms with Crippen LogP contribution in [0.1, 0.15) is 84.0 Å². The third kappa shape index (κ3) is 18.9. The van der Waals surface area contributed by atoms with E-state index in [9.17, 15) is 4.79 Å². The first-order chi connectivity index (χ1) is 11.3. The first kappa shape index (κ1) is 21.9. The molecule has 0 saturated heterocycles. The Morgan fingerprint density at radius 2 is 1.39 bits per heavy atom. The van der Waals surface area contributed by atoms with E-state index < -0.39 is 6.61 Å². The van der Waals surface area contributed by atoms with E-state index >= 15 is 0 Å². The summed E-state index contributed by atoms with van der Waals surface area (Å²) in [5, 5.41) is 11.2. The monoisotopic (exact) mass is 323 g/mol. The molecular formula is C20H37NO2. The normalized spacial score (nSPS) is 11.6. The van der Waals surface area contributed by atoms with Crippen molar-refractivity contribution < 1.29 is 9.90 Å². The molecule has 0 fully saturated rings. The highest BCUT2D eigenvalue weighted by molar-refractivity contribution is 5.76. The summed E-state index contributed by atoms with van der Waals surface area (Å²) in [5.74, 6) is -0.271. The minimum absolute atomic E-state index is 0.271. The summed E-state index contributed by atoms with van der Waals surface area (Å²) in [5.41, 5.74) is 0. The van der Waals surface area contributed by atoms with Crippen molar-refractivity contribution in [3.8, 4) is 0 Å². The van der Waals surface area contributed by atoms with Gasteiger partial charge in [0.05, 0.1) is 0 Å². The molecule has 0 aromatic rings. The molecule has 0 aromatic heterocycles. The second kappa shape index (κ2) is 19.0. The number of aliphatic hydroxyl groups is 1. The first-order valence-electron chi connectivity index (χ1n) is 9.48. The van der Waals surface area contributed by atoms with E-state index in [2.05, 4.69) is 36.5 Å². The average Bonchev–Trinajstić information content (AvgIpc) is 2.57. The molecule has 23 heavy (non-hydrogen) atoms. The Balaban J connectivity index is 3.17. The maximum Gasteiger partial charge on any atom is 0.245 e. The standard InChI is InChI=1S/C20H37NO2/c1-2-3-4-5-6-7-8-9-10-11-12-13-14-15-16-17-18-21-20(23)19-22/h6-7,9-10,22H,2-5,8,11-19H2,1H3,(H,21,23)/b7-6-,10-9-. The van der Waals surface area contributed by atoms with Crippen molar-refractivity contribution in [1.82, 2.24) is 5.32 Å². The quantitative estimate of drug-likeness (QED) is 0.313. The van der Waals surface area contributed by atoms with E-state index in [4.69, 9.17) is 5.11 Å². The molecule has 0 aromatic carbocycles. The van der Waals surface area contributed by atoms with E-state index in [1.165, 1.54) is 57.8 Å². The van der Waals surface area contributed by atoms with Crippen LogP contribution in [0.15, 0.2) is 24.3 Å². The topological polar surface area (TPSA) is 49.3 Å². The van der Waals surface area contributed by atoms with Crippen LogP contribution >= 0.6 is 0 Å². The molecule has 1 amide bonds. The molecule has 3 heteroatoms. The largest absolute Gasteiger partial charge is 0.387 e.